The average Bonchev–Trinajstić information content (AvgIpc) is 3.06. The van der Waals surface area contributed by atoms with Gasteiger partial charge < -0.3 is 10.3 Å². The predicted octanol–water partition coefficient (Wildman–Crippen LogP) is 3.70. The highest BCUT2D eigenvalue weighted by atomic mass is 35.5. The number of amides is 1. The van der Waals surface area contributed by atoms with Gasteiger partial charge in [0.05, 0.1) is 6.54 Å². The van der Waals surface area contributed by atoms with Crippen molar-refractivity contribution in [2.75, 3.05) is 25.0 Å². The highest BCUT2D eigenvalue weighted by molar-refractivity contribution is 6.30. The lowest BCUT2D eigenvalue weighted by molar-refractivity contribution is -0.117. The number of pyridine rings is 2. The van der Waals surface area contributed by atoms with Gasteiger partial charge in [-0.2, -0.15) is 0 Å². The van der Waals surface area contributed by atoms with Crippen LogP contribution in [0, 0.1) is 0 Å². The summed E-state index contributed by atoms with van der Waals surface area (Å²) in [4.78, 5) is 26.2. The van der Waals surface area contributed by atoms with Crippen LogP contribution in [0.5, 0.6) is 0 Å². The van der Waals surface area contributed by atoms with Gasteiger partial charge in [0.15, 0.2) is 0 Å². The highest BCUT2D eigenvalue weighted by Gasteiger charge is 2.15. The summed E-state index contributed by atoms with van der Waals surface area (Å²) in [6.07, 6.45) is 7.19. The number of rotatable bonds is 4. The van der Waals surface area contributed by atoms with E-state index in [2.05, 4.69) is 25.2 Å². The van der Waals surface area contributed by atoms with E-state index in [-0.39, 0.29) is 5.91 Å². The van der Waals surface area contributed by atoms with Gasteiger partial charge in [-0.05, 0) is 55.8 Å². The number of anilines is 1. The SMILES string of the molecule is O=C(CN1CCCCC1)Nc1cc(-c2c[nH]c3ncccc23)cc(Cl)n1. The zero-order valence-corrected chi connectivity index (χ0v) is 15.1. The standard InChI is InChI=1S/C19H20ClN5O/c20-16-9-13(15-11-22-19-14(15)5-4-6-21-19)10-17(23-16)24-18(26)12-25-7-2-1-3-8-25/h4-6,9-11H,1-3,7-8,12H2,(H,21,22)(H,23,24,26). The lowest BCUT2D eigenvalue weighted by atomic mass is 10.1. The van der Waals surface area contributed by atoms with E-state index in [1.165, 1.54) is 6.42 Å². The number of hydrogen-bond acceptors (Lipinski definition) is 4. The Kier molecular flexibility index (Phi) is 4.86. The third-order valence-corrected chi connectivity index (χ3v) is 4.83. The van der Waals surface area contributed by atoms with Crippen molar-refractivity contribution in [3.05, 3.63) is 41.8 Å². The highest BCUT2D eigenvalue weighted by Crippen LogP contribution is 2.30. The number of nitrogens with one attached hydrogen (secondary N) is 2. The molecule has 1 aliphatic heterocycles. The molecule has 0 spiro atoms. The Bertz CT molecular complexity index is 933. The minimum absolute atomic E-state index is 0.0618. The number of piperidine rings is 1. The van der Waals surface area contributed by atoms with Gasteiger partial charge in [-0.1, -0.05) is 18.0 Å². The van der Waals surface area contributed by atoms with Gasteiger partial charge in [0.2, 0.25) is 5.91 Å². The summed E-state index contributed by atoms with van der Waals surface area (Å²) in [6, 6.07) is 7.52. The second-order valence-corrected chi connectivity index (χ2v) is 6.94. The van der Waals surface area contributed by atoms with Crippen LogP contribution in [-0.4, -0.2) is 45.4 Å². The molecule has 1 fully saturated rings. The average molecular weight is 370 g/mol. The molecular formula is C19H20ClN5O. The van der Waals surface area contributed by atoms with Crippen molar-refractivity contribution in [1.82, 2.24) is 19.9 Å². The molecule has 0 atom stereocenters. The van der Waals surface area contributed by atoms with Crippen LogP contribution < -0.4 is 5.32 Å². The van der Waals surface area contributed by atoms with Crippen LogP contribution >= 0.6 is 11.6 Å². The fraction of sp³-hybridized carbons (Fsp3) is 0.316. The van der Waals surface area contributed by atoms with Gasteiger partial charge in [0.1, 0.15) is 16.6 Å². The maximum Gasteiger partial charge on any atom is 0.239 e. The van der Waals surface area contributed by atoms with Crippen LogP contribution in [-0.2, 0) is 4.79 Å². The molecule has 0 aromatic carbocycles. The van der Waals surface area contributed by atoms with Crippen LogP contribution in [0.3, 0.4) is 0 Å². The van der Waals surface area contributed by atoms with Gasteiger partial charge in [0, 0.05) is 23.3 Å². The second kappa shape index (κ2) is 7.43. The predicted molar refractivity (Wildman–Crippen MR) is 103 cm³/mol. The molecule has 134 valence electrons. The molecule has 3 aromatic heterocycles. The Hall–Kier alpha value is -2.44. The van der Waals surface area contributed by atoms with Crippen molar-refractivity contribution in [3.63, 3.8) is 0 Å². The topological polar surface area (TPSA) is 73.9 Å². The van der Waals surface area contributed by atoms with E-state index in [4.69, 9.17) is 11.6 Å². The Morgan fingerprint density at radius 3 is 2.96 bits per heavy atom. The van der Waals surface area contributed by atoms with Gasteiger partial charge >= 0.3 is 0 Å². The molecule has 3 aromatic rings. The summed E-state index contributed by atoms with van der Waals surface area (Å²) in [5, 5.41) is 4.22. The molecular weight excluding hydrogens is 350 g/mol. The molecule has 0 aliphatic carbocycles. The summed E-state index contributed by atoms with van der Waals surface area (Å²) in [6.45, 7) is 2.34. The van der Waals surface area contributed by atoms with E-state index < -0.39 is 0 Å². The summed E-state index contributed by atoms with van der Waals surface area (Å²) in [5.41, 5.74) is 2.67. The number of likely N-dealkylation sites (tertiary alicyclic amines) is 1. The molecule has 4 heterocycles. The second-order valence-electron chi connectivity index (χ2n) is 6.55. The molecule has 2 N–H and O–H groups in total. The van der Waals surface area contributed by atoms with Gasteiger partial charge in [-0.25, -0.2) is 9.97 Å². The smallest absolute Gasteiger partial charge is 0.239 e. The van der Waals surface area contributed by atoms with E-state index in [0.717, 1.165) is 48.1 Å². The number of H-pyrrole nitrogens is 1. The molecule has 7 heteroatoms. The Morgan fingerprint density at radius 1 is 1.27 bits per heavy atom. The number of carbonyl (C=O) groups is 1. The van der Waals surface area contributed by atoms with Gasteiger partial charge in [-0.15, -0.1) is 0 Å². The zero-order chi connectivity index (χ0) is 17.9. The summed E-state index contributed by atoms with van der Waals surface area (Å²) < 4.78 is 0. The van der Waals surface area contributed by atoms with Gasteiger partial charge in [0.25, 0.3) is 0 Å². The molecule has 6 nitrogen and oxygen atoms in total. The number of aromatic amines is 1. The van der Waals surface area contributed by atoms with Crippen molar-refractivity contribution in [3.8, 4) is 11.1 Å². The van der Waals surface area contributed by atoms with Crippen LogP contribution in [0.4, 0.5) is 5.82 Å². The number of aromatic nitrogens is 3. The first kappa shape index (κ1) is 17.0. The molecule has 0 saturated carbocycles. The summed E-state index contributed by atoms with van der Waals surface area (Å²) in [7, 11) is 0. The van der Waals surface area contributed by atoms with Crippen LogP contribution in [0.15, 0.2) is 36.7 Å². The largest absolute Gasteiger partial charge is 0.346 e. The summed E-state index contributed by atoms with van der Waals surface area (Å²) in [5.74, 6) is 0.404. The molecule has 0 unspecified atom stereocenters. The van der Waals surface area contributed by atoms with Crippen LogP contribution in [0.2, 0.25) is 5.15 Å². The maximum atomic E-state index is 12.4. The first-order valence-electron chi connectivity index (χ1n) is 8.81. The zero-order valence-electron chi connectivity index (χ0n) is 14.3. The van der Waals surface area contributed by atoms with E-state index in [0.29, 0.717) is 17.5 Å². The third-order valence-electron chi connectivity index (χ3n) is 4.64. The lowest BCUT2D eigenvalue weighted by Gasteiger charge is -2.25. The molecule has 1 saturated heterocycles. The minimum atomic E-state index is -0.0618. The Morgan fingerprint density at radius 2 is 2.12 bits per heavy atom. The number of halogens is 1. The number of hydrogen-bond donors (Lipinski definition) is 2. The van der Waals surface area contributed by atoms with Crippen molar-refractivity contribution < 1.29 is 4.79 Å². The van der Waals surface area contributed by atoms with E-state index in [1.807, 2.05) is 24.4 Å². The molecule has 1 amide bonds. The summed E-state index contributed by atoms with van der Waals surface area (Å²) >= 11 is 6.19. The number of nitrogens with zero attached hydrogens (tertiary/aromatic N) is 3. The fourth-order valence-electron chi connectivity index (χ4n) is 3.41. The fourth-order valence-corrected chi connectivity index (χ4v) is 3.62. The monoisotopic (exact) mass is 369 g/mol. The molecule has 0 radical (unpaired) electrons. The Balaban J connectivity index is 1.55. The molecule has 26 heavy (non-hydrogen) atoms. The van der Waals surface area contributed by atoms with E-state index in [1.54, 1.807) is 12.3 Å². The molecule has 1 aliphatic rings. The van der Waals surface area contributed by atoms with Crippen molar-refractivity contribution in [1.29, 1.82) is 0 Å². The van der Waals surface area contributed by atoms with Crippen LogP contribution in [0.25, 0.3) is 22.2 Å². The van der Waals surface area contributed by atoms with E-state index >= 15 is 0 Å². The first-order valence-corrected chi connectivity index (χ1v) is 9.19. The quantitative estimate of drug-likeness (QED) is 0.687. The minimum Gasteiger partial charge on any atom is -0.346 e. The molecule has 0 bridgehead atoms. The normalized spacial score (nSPS) is 15.3. The lowest BCUT2D eigenvalue weighted by Crippen LogP contribution is -2.36. The number of fused-ring (bicyclic) bond motifs is 1. The van der Waals surface area contributed by atoms with Crippen LogP contribution in [0.1, 0.15) is 19.3 Å². The van der Waals surface area contributed by atoms with Crippen molar-refractivity contribution >= 4 is 34.4 Å². The maximum absolute atomic E-state index is 12.4. The first-order chi connectivity index (χ1) is 12.7. The molecule has 4 rings (SSSR count). The van der Waals surface area contributed by atoms with E-state index in [9.17, 15) is 4.79 Å². The number of carbonyl (C=O) groups excluding carboxylic acids is 1. The third kappa shape index (κ3) is 3.71. The Labute approximate surface area is 156 Å². The van der Waals surface area contributed by atoms with Crippen molar-refractivity contribution in [2.24, 2.45) is 0 Å². The van der Waals surface area contributed by atoms with Gasteiger partial charge in [-0.3, -0.25) is 9.69 Å². The van der Waals surface area contributed by atoms with Crippen molar-refractivity contribution in [2.45, 2.75) is 19.3 Å².